The van der Waals surface area contributed by atoms with Gasteiger partial charge in [-0.1, -0.05) is 25.1 Å². The third kappa shape index (κ3) is 2.90. The predicted octanol–water partition coefficient (Wildman–Crippen LogP) is 2.93. The first-order valence-corrected chi connectivity index (χ1v) is 6.23. The van der Waals surface area contributed by atoms with Gasteiger partial charge in [-0.2, -0.15) is 0 Å². The van der Waals surface area contributed by atoms with Gasteiger partial charge in [-0.15, -0.1) is 0 Å². The molecule has 0 saturated carbocycles. The maximum absolute atomic E-state index is 14.0. The van der Waals surface area contributed by atoms with Gasteiger partial charge in [0.25, 0.3) is 0 Å². The van der Waals surface area contributed by atoms with Gasteiger partial charge in [-0.05, 0) is 18.7 Å². The van der Waals surface area contributed by atoms with Gasteiger partial charge in [0.05, 0.1) is 19.3 Å². The molecule has 1 aromatic carbocycles. The normalized spacial score (nSPS) is 12.2. The summed E-state index contributed by atoms with van der Waals surface area (Å²) in [7, 11) is 1.59. The molecule has 0 radical (unpaired) electrons. The van der Waals surface area contributed by atoms with E-state index >= 15 is 0 Å². The van der Waals surface area contributed by atoms with Crippen molar-refractivity contribution in [2.45, 2.75) is 13.0 Å². The van der Waals surface area contributed by atoms with Gasteiger partial charge < -0.3 is 10.1 Å². The molecule has 1 unspecified atom stereocenters. The number of aromatic nitrogens is 1. The molecular formula is C15H17FN2O. The lowest BCUT2D eigenvalue weighted by Crippen LogP contribution is -2.23. The van der Waals surface area contributed by atoms with Gasteiger partial charge in [0.2, 0.25) is 0 Å². The van der Waals surface area contributed by atoms with Gasteiger partial charge in [0, 0.05) is 17.3 Å². The number of benzene rings is 1. The number of pyridine rings is 1. The van der Waals surface area contributed by atoms with Crippen LogP contribution in [-0.4, -0.2) is 18.6 Å². The number of hydrogen-bond acceptors (Lipinski definition) is 3. The van der Waals surface area contributed by atoms with Crippen LogP contribution in [-0.2, 0) is 0 Å². The Kier molecular flexibility index (Phi) is 4.47. The number of nitrogens with one attached hydrogen (secondary N) is 1. The Morgan fingerprint density at radius 1 is 1.26 bits per heavy atom. The van der Waals surface area contributed by atoms with Gasteiger partial charge in [-0.25, -0.2) is 4.39 Å². The first kappa shape index (κ1) is 13.5. The molecule has 1 atom stereocenters. The van der Waals surface area contributed by atoms with Crippen LogP contribution in [0.25, 0.3) is 0 Å². The lowest BCUT2D eigenvalue weighted by molar-refractivity contribution is 0.401. The molecule has 3 nitrogen and oxygen atoms in total. The Hall–Kier alpha value is -1.94. The fraction of sp³-hybridized carbons (Fsp3) is 0.267. The van der Waals surface area contributed by atoms with Crippen molar-refractivity contribution in [1.29, 1.82) is 0 Å². The van der Waals surface area contributed by atoms with Crippen molar-refractivity contribution in [1.82, 2.24) is 10.3 Å². The lowest BCUT2D eigenvalue weighted by Gasteiger charge is -2.21. The van der Waals surface area contributed by atoms with Gasteiger partial charge in [-0.3, -0.25) is 4.98 Å². The zero-order chi connectivity index (χ0) is 13.7. The summed E-state index contributed by atoms with van der Waals surface area (Å²) >= 11 is 0. The van der Waals surface area contributed by atoms with Crippen LogP contribution < -0.4 is 10.1 Å². The number of ether oxygens (including phenoxy) is 1. The zero-order valence-corrected chi connectivity index (χ0v) is 11.1. The second kappa shape index (κ2) is 6.29. The third-order valence-corrected chi connectivity index (χ3v) is 2.97. The highest BCUT2D eigenvalue weighted by Gasteiger charge is 2.20. The Morgan fingerprint density at radius 3 is 2.74 bits per heavy atom. The third-order valence-electron chi connectivity index (χ3n) is 2.97. The average molecular weight is 260 g/mol. The topological polar surface area (TPSA) is 34.2 Å². The molecule has 1 heterocycles. The van der Waals surface area contributed by atoms with E-state index in [-0.39, 0.29) is 11.9 Å². The van der Waals surface area contributed by atoms with E-state index in [0.717, 1.165) is 12.1 Å². The Labute approximate surface area is 112 Å². The highest BCUT2D eigenvalue weighted by atomic mass is 19.1. The highest BCUT2D eigenvalue weighted by molar-refractivity contribution is 5.40. The molecule has 0 aliphatic rings. The summed E-state index contributed by atoms with van der Waals surface area (Å²) in [6.07, 6.45) is 3.32. The van der Waals surface area contributed by atoms with E-state index in [9.17, 15) is 4.39 Å². The van der Waals surface area contributed by atoms with Gasteiger partial charge >= 0.3 is 0 Å². The van der Waals surface area contributed by atoms with Crippen LogP contribution in [0, 0.1) is 5.82 Å². The zero-order valence-electron chi connectivity index (χ0n) is 11.1. The fourth-order valence-electron chi connectivity index (χ4n) is 2.10. The Balaban J connectivity index is 2.49. The molecule has 0 fully saturated rings. The summed E-state index contributed by atoms with van der Waals surface area (Å²) in [4.78, 5) is 4.03. The molecule has 0 amide bonds. The summed E-state index contributed by atoms with van der Waals surface area (Å²) in [6, 6.07) is 8.36. The molecular weight excluding hydrogens is 243 g/mol. The standard InChI is InChI=1S/C15H17FN2O/c1-3-18-15(11-6-4-5-7-13(11)16)12-8-9-17-10-14(12)19-2/h4-10,15,18H,3H2,1-2H3. The SMILES string of the molecule is CCNC(c1ccccc1F)c1ccncc1OC. The summed E-state index contributed by atoms with van der Waals surface area (Å²) in [6.45, 7) is 2.71. The number of rotatable bonds is 5. The first-order chi connectivity index (χ1) is 9.27. The molecule has 0 spiro atoms. The van der Waals surface area contributed by atoms with Gasteiger partial charge in [0.15, 0.2) is 0 Å². The number of nitrogens with zero attached hydrogens (tertiary/aromatic N) is 1. The molecule has 100 valence electrons. The summed E-state index contributed by atoms with van der Waals surface area (Å²) in [5.41, 5.74) is 1.48. The summed E-state index contributed by atoms with van der Waals surface area (Å²) in [5.74, 6) is 0.420. The van der Waals surface area contributed by atoms with Crippen molar-refractivity contribution in [2.24, 2.45) is 0 Å². The minimum absolute atomic E-state index is 0.229. The maximum Gasteiger partial charge on any atom is 0.142 e. The molecule has 2 rings (SSSR count). The van der Waals surface area contributed by atoms with E-state index in [1.807, 2.05) is 19.1 Å². The van der Waals surface area contributed by atoms with Crippen molar-refractivity contribution < 1.29 is 9.13 Å². The quantitative estimate of drug-likeness (QED) is 0.897. The minimum Gasteiger partial charge on any atom is -0.495 e. The second-order valence-corrected chi connectivity index (χ2v) is 4.13. The van der Waals surface area contributed by atoms with E-state index in [4.69, 9.17) is 4.74 Å². The van der Waals surface area contributed by atoms with E-state index in [1.165, 1.54) is 6.07 Å². The van der Waals surface area contributed by atoms with E-state index < -0.39 is 0 Å². The number of halogens is 1. The van der Waals surface area contributed by atoms with Crippen LogP contribution in [0.4, 0.5) is 4.39 Å². The van der Waals surface area contributed by atoms with Crippen LogP contribution >= 0.6 is 0 Å². The monoisotopic (exact) mass is 260 g/mol. The van der Waals surface area contributed by atoms with Crippen molar-refractivity contribution in [3.8, 4) is 5.75 Å². The molecule has 0 aliphatic carbocycles. The van der Waals surface area contributed by atoms with Crippen LogP contribution in [0.3, 0.4) is 0 Å². The molecule has 0 aliphatic heterocycles. The van der Waals surface area contributed by atoms with Crippen molar-refractivity contribution >= 4 is 0 Å². The van der Waals surface area contributed by atoms with E-state index in [0.29, 0.717) is 11.3 Å². The van der Waals surface area contributed by atoms with Crippen molar-refractivity contribution in [3.63, 3.8) is 0 Å². The van der Waals surface area contributed by atoms with E-state index in [1.54, 1.807) is 31.6 Å². The van der Waals surface area contributed by atoms with Crippen molar-refractivity contribution in [2.75, 3.05) is 13.7 Å². The second-order valence-electron chi connectivity index (χ2n) is 4.13. The predicted molar refractivity (Wildman–Crippen MR) is 72.7 cm³/mol. The molecule has 0 bridgehead atoms. The van der Waals surface area contributed by atoms with Crippen molar-refractivity contribution in [3.05, 3.63) is 59.7 Å². The van der Waals surface area contributed by atoms with Crippen LogP contribution in [0.15, 0.2) is 42.7 Å². The molecule has 19 heavy (non-hydrogen) atoms. The molecule has 2 aromatic rings. The Morgan fingerprint density at radius 2 is 2.05 bits per heavy atom. The molecule has 4 heteroatoms. The smallest absolute Gasteiger partial charge is 0.142 e. The fourth-order valence-corrected chi connectivity index (χ4v) is 2.10. The lowest BCUT2D eigenvalue weighted by atomic mass is 9.98. The Bertz CT molecular complexity index is 545. The van der Waals surface area contributed by atoms with Crippen LogP contribution in [0.1, 0.15) is 24.1 Å². The highest BCUT2D eigenvalue weighted by Crippen LogP contribution is 2.30. The minimum atomic E-state index is -0.246. The largest absolute Gasteiger partial charge is 0.495 e. The molecule has 0 saturated heterocycles. The maximum atomic E-state index is 14.0. The summed E-state index contributed by atoms with van der Waals surface area (Å²) < 4.78 is 19.3. The van der Waals surface area contributed by atoms with Gasteiger partial charge in [0.1, 0.15) is 11.6 Å². The first-order valence-electron chi connectivity index (χ1n) is 6.23. The average Bonchev–Trinajstić information content (AvgIpc) is 2.46. The number of hydrogen-bond donors (Lipinski definition) is 1. The number of methoxy groups -OCH3 is 1. The summed E-state index contributed by atoms with van der Waals surface area (Å²) in [5, 5.41) is 3.28. The van der Waals surface area contributed by atoms with Crippen LogP contribution in [0.5, 0.6) is 5.75 Å². The molecule has 1 N–H and O–H groups in total. The van der Waals surface area contributed by atoms with E-state index in [2.05, 4.69) is 10.3 Å². The molecule has 1 aromatic heterocycles. The van der Waals surface area contributed by atoms with Crippen LogP contribution in [0.2, 0.25) is 0 Å².